The second kappa shape index (κ2) is 7.58. The van der Waals surface area contributed by atoms with Crippen LogP contribution in [0, 0.1) is 6.92 Å². The molecule has 2 atom stereocenters. The average Bonchev–Trinajstić information content (AvgIpc) is 3.13. The summed E-state index contributed by atoms with van der Waals surface area (Å²) in [6.07, 6.45) is 4.21. The van der Waals surface area contributed by atoms with Gasteiger partial charge in [-0.15, -0.1) is 0 Å². The number of morpholine rings is 1. The second-order valence-corrected chi connectivity index (χ2v) is 8.18. The molecule has 3 heterocycles. The fourth-order valence-electron chi connectivity index (χ4n) is 4.45. The number of hydrogen-bond donors (Lipinski definition) is 0. The molecule has 1 saturated heterocycles. The Hall–Kier alpha value is -3.18. The third-order valence-electron chi connectivity index (χ3n) is 5.65. The van der Waals surface area contributed by atoms with Gasteiger partial charge in [0.1, 0.15) is 12.1 Å². The average molecular weight is 399 g/mol. The molecule has 0 unspecified atom stereocenters. The van der Waals surface area contributed by atoms with Gasteiger partial charge >= 0.3 is 0 Å². The number of fused-ring (bicyclic) bond motifs is 1. The number of anilines is 1. The van der Waals surface area contributed by atoms with Gasteiger partial charge < -0.3 is 14.2 Å². The Morgan fingerprint density at radius 2 is 1.70 bits per heavy atom. The highest BCUT2D eigenvalue weighted by Crippen LogP contribution is 2.37. The first kappa shape index (κ1) is 18.8. The smallest absolute Gasteiger partial charge is 0.150 e. The monoisotopic (exact) mass is 398 g/mol. The number of ether oxygens (including phenoxy) is 1. The van der Waals surface area contributed by atoms with Gasteiger partial charge in [0.15, 0.2) is 5.65 Å². The summed E-state index contributed by atoms with van der Waals surface area (Å²) in [7, 11) is 0. The first-order valence-electron chi connectivity index (χ1n) is 10.5. The minimum atomic E-state index is 0.165. The SMILES string of the molecule is Cc1cccc(-n2cc(-c3ccccc3)c3c(N4C[C@@H](C)O[C@H](C)C4)ncnc32)c1. The molecule has 0 saturated carbocycles. The van der Waals surface area contributed by atoms with Crippen molar-refractivity contribution in [3.8, 4) is 16.8 Å². The zero-order valence-corrected chi connectivity index (χ0v) is 17.6. The molecule has 5 nitrogen and oxygen atoms in total. The third kappa shape index (κ3) is 3.35. The van der Waals surface area contributed by atoms with Gasteiger partial charge in [-0.3, -0.25) is 0 Å². The van der Waals surface area contributed by atoms with Crippen LogP contribution in [0.25, 0.3) is 27.8 Å². The van der Waals surface area contributed by atoms with E-state index in [0.29, 0.717) is 0 Å². The number of aryl methyl sites for hydroxylation is 1. The quantitative estimate of drug-likeness (QED) is 0.487. The summed E-state index contributed by atoms with van der Waals surface area (Å²) in [5.74, 6) is 0.979. The molecule has 0 amide bonds. The molecule has 2 aromatic carbocycles. The minimum absolute atomic E-state index is 0.165. The maximum atomic E-state index is 5.96. The molecule has 0 N–H and O–H groups in total. The topological polar surface area (TPSA) is 43.2 Å². The number of aromatic nitrogens is 3. The molecular weight excluding hydrogens is 372 g/mol. The lowest BCUT2D eigenvalue weighted by Crippen LogP contribution is -2.46. The van der Waals surface area contributed by atoms with E-state index in [1.165, 1.54) is 11.1 Å². The van der Waals surface area contributed by atoms with Crippen molar-refractivity contribution in [1.29, 1.82) is 0 Å². The Labute approximate surface area is 177 Å². The lowest BCUT2D eigenvalue weighted by Gasteiger charge is -2.36. The number of hydrogen-bond acceptors (Lipinski definition) is 4. The van der Waals surface area contributed by atoms with E-state index in [9.17, 15) is 0 Å². The van der Waals surface area contributed by atoms with Crippen molar-refractivity contribution in [2.75, 3.05) is 18.0 Å². The maximum Gasteiger partial charge on any atom is 0.150 e. The zero-order chi connectivity index (χ0) is 20.7. The highest BCUT2D eigenvalue weighted by Gasteiger charge is 2.27. The van der Waals surface area contributed by atoms with Gasteiger partial charge in [0.2, 0.25) is 0 Å². The number of rotatable bonds is 3. The maximum absolute atomic E-state index is 5.96. The van der Waals surface area contributed by atoms with Crippen molar-refractivity contribution in [2.45, 2.75) is 33.0 Å². The largest absolute Gasteiger partial charge is 0.372 e. The van der Waals surface area contributed by atoms with Crippen LogP contribution in [0.15, 0.2) is 67.1 Å². The molecule has 0 aliphatic carbocycles. The van der Waals surface area contributed by atoms with E-state index in [4.69, 9.17) is 14.7 Å². The highest BCUT2D eigenvalue weighted by molar-refractivity contribution is 6.02. The third-order valence-corrected chi connectivity index (χ3v) is 5.65. The molecule has 0 bridgehead atoms. The van der Waals surface area contributed by atoms with Gasteiger partial charge in [0, 0.05) is 30.5 Å². The summed E-state index contributed by atoms with van der Waals surface area (Å²) in [5.41, 5.74) is 5.57. The van der Waals surface area contributed by atoms with Gasteiger partial charge in [-0.05, 0) is 44.0 Å². The predicted octanol–water partition coefficient (Wildman–Crippen LogP) is 5.01. The van der Waals surface area contributed by atoms with Crippen molar-refractivity contribution in [1.82, 2.24) is 14.5 Å². The Balaban J connectivity index is 1.76. The van der Waals surface area contributed by atoms with E-state index in [1.54, 1.807) is 6.33 Å². The van der Waals surface area contributed by atoms with E-state index >= 15 is 0 Å². The normalized spacial score (nSPS) is 19.4. The first-order valence-corrected chi connectivity index (χ1v) is 10.5. The molecule has 1 aliphatic rings. The second-order valence-electron chi connectivity index (χ2n) is 8.18. The summed E-state index contributed by atoms with van der Waals surface area (Å²) in [6, 6.07) is 19.0. The number of benzene rings is 2. The van der Waals surface area contributed by atoms with Gasteiger partial charge in [-0.25, -0.2) is 9.97 Å². The fraction of sp³-hybridized carbons (Fsp3) is 0.280. The molecule has 4 aromatic rings. The van der Waals surface area contributed by atoms with Crippen molar-refractivity contribution >= 4 is 16.9 Å². The van der Waals surface area contributed by atoms with E-state index < -0.39 is 0 Å². The molecule has 1 aliphatic heterocycles. The Morgan fingerprint density at radius 1 is 0.933 bits per heavy atom. The van der Waals surface area contributed by atoms with E-state index in [1.807, 2.05) is 6.07 Å². The van der Waals surface area contributed by atoms with E-state index in [2.05, 4.69) is 85.0 Å². The van der Waals surface area contributed by atoms with Gasteiger partial charge in [0.05, 0.1) is 17.6 Å². The molecule has 5 heteroatoms. The Morgan fingerprint density at radius 3 is 2.43 bits per heavy atom. The molecule has 0 radical (unpaired) electrons. The van der Waals surface area contributed by atoms with Crippen LogP contribution in [0.2, 0.25) is 0 Å². The lowest BCUT2D eigenvalue weighted by molar-refractivity contribution is -0.00537. The van der Waals surface area contributed by atoms with Gasteiger partial charge in [0.25, 0.3) is 0 Å². The molecule has 152 valence electrons. The van der Waals surface area contributed by atoms with Crippen LogP contribution < -0.4 is 4.90 Å². The van der Waals surface area contributed by atoms with Crippen LogP contribution in [-0.2, 0) is 4.74 Å². The summed E-state index contributed by atoms with van der Waals surface area (Å²) in [6.45, 7) is 8.00. The molecular formula is C25H26N4O. The molecule has 5 rings (SSSR count). The predicted molar refractivity (Wildman–Crippen MR) is 121 cm³/mol. The molecule has 0 spiro atoms. The van der Waals surface area contributed by atoms with Gasteiger partial charge in [-0.1, -0.05) is 42.5 Å². The van der Waals surface area contributed by atoms with Crippen molar-refractivity contribution in [3.05, 3.63) is 72.7 Å². The van der Waals surface area contributed by atoms with Crippen LogP contribution in [0.4, 0.5) is 5.82 Å². The Bertz CT molecular complexity index is 1170. The van der Waals surface area contributed by atoms with Gasteiger partial charge in [-0.2, -0.15) is 0 Å². The fourth-order valence-corrected chi connectivity index (χ4v) is 4.45. The van der Waals surface area contributed by atoms with E-state index in [0.717, 1.165) is 41.2 Å². The summed E-state index contributed by atoms with van der Waals surface area (Å²) in [5, 5.41) is 1.09. The van der Waals surface area contributed by atoms with Crippen LogP contribution >= 0.6 is 0 Å². The Kier molecular flexibility index (Phi) is 4.75. The van der Waals surface area contributed by atoms with Crippen LogP contribution in [0.5, 0.6) is 0 Å². The standard InChI is InChI=1S/C25H26N4O/c1-17-8-7-11-21(12-17)29-15-22(20-9-5-4-6-10-20)23-24(26-16-27-25(23)29)28-13-18(2)30-19(3)14-28/h4-12,15-16,18-19H,13-14H2,1-3H3/t18-,19-/m1/s1. The van der Waals surface area contributed by atoms with Crippen molar-refractivity contribution in [2.24, 2.45) is 0 Å². The summed E-state index contributed by atoms with van der Waals surface area (Å²) >= 11 is 0. The highest BCUT2D eigenvalue weighted by atomic mass is 16.5. The van der Waals surface area contributed by atoms with Crippen LogP contribution in [-0.4, -0.2) is 39.8 Å². The minimum Gasteiger partial charge on any atom is -0.372 e. The summed E-state index contributed by atoms with van der Waals surface area (Å²) < 4.78 is 8.15. The van der Waals surface area contributed by atoms with Crippen LogP contribution in [0.3, 0.4) is 0 Å². The van der Waals surface area contributed by atoms with Crippen LogP contribution in [0.1, 0.15) is 19.4 Å². The molecule has 2 aromatic heterocycles. The van der Waals surface area contributed by atoms with Crippen molar-refractivity contribution < 1.29 is 4.74 Å². The zero-order valence-electron chi connectivity index (χ0n) is 17.6. The van der Waals surface area contributed by atoms with Crippen molar-refractivity contribution in [3.63, 3.8) is 0 Å². The summed E-state index contributed by atoms with van der Waals surface area (Å²) in [4.78, 5) is 11.8. The molecule has 30 heavy (non-hydrogen) atoms. The first-order chi connectivity index (χ1) is 14.6. The lowest BCUT2D eigenvalue weighted by atomic mass is 10.1. The molecule has 1 fully saturated rings. The number of nitrogens with zero attached hydrogens (tertiary/aromatic N) is 4. The van der Waals surface area contributed by atoms with E-state index in [-0.39, 0.29) is 12.2 Å².